The summed E-state index contributed by atoms with van der Waals surface area (Å²) in [4.78, 5) is 11.5. The number of ether oxygens (including phenoxy) is 1. The smallest absolute Gasteiger partial charge is 0.169 e. The van der Waals surface area contributed by atoms with Crippen LogP contribution in [0.25, 0.3) is 22.3 Å². The Labute approximate surface area is 192 Å². The molecule has 1 saturated carbocycles. The van der Waals surface area contributed by atoms with Crippen molar-refractivity contribution in [2.45, 2.75) is 58.8 Å². The van der Waals surface area contributed by atoms with Gasteiger partial charge in [-0.1, -0.05) is 81.3 Å². The molecule has 1 aliphatic carbocycles. The van der Waals surface area contributed by atoms with Gasteiger partial charge in [0.2, 0.25) is 0 Å². The van der Waals surface area contributed by atoms with Gasteiger partial charge in [-0.3, -0.25) is 4.79 Å². The minimum Gasteiger partial charge on any atom is -0.486 e. The van der Waals surface area contributed by atoms with Gasteiger partial charge < -0.3 is 4.74 Å². The van der Waals surface area contributed by atoms with E-state index in [4.69, 9.17) is 4.74 Å². The Morgan fingerprint density at radius 3 is 2.09 bits per heavy atom. The molecule has 0 aliphatic heterocycles. The fourth-order valence-electron chi connectivity index (χ4n) is 4.70. The summed E-state index contributed by atoms with van der Waals surface area (Å²) in [5.74, 6) is 2.47. The first-order valence-electron chi connectivity index (χ1n) is 12.0. The van der Waals surface area contributed by atoms with Crippen molar-refractivity contribution in [3.05, 3.63) is 77.9 Å². The van der Waals surface area contributed by atoms with Crippen molar-refractivity contribution < 1.29 is 9.53 Å². The molecule has 2 heteroatoms. The summed E-state index contributed by atoms with van der Waals surface area (Å²) >= 11 is 0. The lowest BCUT2D eigenvalue weighted by molar-refractivity contribution is -0.120. The van der Waals surface area contributed by atoms with Gasteiger partial charge in [0.05, 0.1) is 0 Å². The number of ketones is 1. The van der Waals surface area contributed by atoms with E-state index in [9.17, 15) is 4.79 Å². The zero-order valence-electron chi connectivity index (χ0n) is 19.6. The summed E-state index contributed by atoms with van der Waals surface area (Å²) in [6, 6.07) is 23.9. The van der Waals surface area contributed by atoms with Crippen molar-refractivity contribution in [2.75, 3.05) is 6.61 Å². The minimum atomic E-state index is 0.113. The van der Waals surface area contributed by atoms with Gasteiger partial charge in [0.25, 0.3) is 0 Å². The maximum atomic E-state index is 11.5. The Morgan fingerprint density at radius 2 is 1.47 bits per heavy atom. The molecule has 0 amide bonds. The highest BCUT2D eigenvalue weighted by atomic mass is 16.5. The molecule has 0 spiro atoms. The van der Waals surface area contributed by atoms with Gasteiger partial charge in [0, 0.05) is 6.42 Å². The molecule has 3 aromatic carbocycles. The van der Waals surface area contributed by atoms with E-state index >= 15 is 0 Å². The summed E-state index contributed by atoms with van der Waals surface area (Å²) in [5.41, 5.74) is 7.66. The van der Waals surface area contributed by atoms with Crippen LogP contribution in [0.4, 0.5) is 0 Å². The van der Waals surface area contributed by atoms with Crippen LogP contribution in [0, 0.1) is 12.8 Å². The molecule has 4 rings (SSSR count). The summed E-state index contributed by atoms with van der Waals surface area (Å²) < 4.78 is 5.57. The van der Waals surface area contributed by atoms with Crippen LogP contribution in [-0.4, -0.2) is 12.4 Å². The highest BCUT2D eigenvalue weighted by Gasteiger charge is 2.19. The van der Waals surface area contributed by atoms with Crippen molar-refractivity contribution >= 4 is 5.78 Å². The molecule has 1 fully saturated rings. The number of benzene rings is 3. The van der Waals surface area contributed by atoms with Gasteiger partial charge in [-0.25, -0.2) is 0 Å². The molecular weight excluding hydrogens is 392 g/mol. The maximum Gasteiger partial charge on any atom is 0.169 e. The first-order valence-corrected chi connectivity index (χ1v) is 12.0. The topological polar surface area (TPSA) is 26.3 Å². The van der Waals surface area contributed by atoms with E-state index in [1.807, 2.05) is 19.1 Å². The van der Waals surface area contributed by atoms with Crippen LogP contribution in [-0.2, 0) is 4.79 Å². The largest absolute Gasteiger partial charge is 0.486 e. The summed E-state index contributed by atoms with van der Waals surface area (Å²) in [6.45, 7) is 6.54. The monoisotopic (exact) mass is 426 g/mol. The van der Waals surface area contributed by atoms with E-state index in [1.54, 1.807) is 0 Å². The molecule has 0 N–H and O–H groups in total. The molecule has 0 aromatic heterocycles. The van der Waals surface area contributed by atoms with Gasteiger partial charge in [0.15, 0.2) is 5.78 Å². The van der Waals surface area contributed by atoms with Gasteiger partial charge in [-0.15, -0.1) is 0 Å². The average Bonchev–Trinajstić information content (AvgIpc) is 2.83. The van der Waals surface area contributed by atoms with Crippen molar-refractivity contribution in [1.29, 1.82) is 0 Å². The lowest BCUT2D eigenvalue weighted by Crippen LogP contribution is -2.10. The number of hydrogen-bond acceptors (Lipinski definition) is 2. The molecule has 166 valence electrons. The highest BCUT2D eigenvalue weighted by Crippen LogP contribution is 2.36. The quantitative estimate of drug-likeness (QED) is 0.383. The van der Waals surface area contributed by atoms with Crippen LogP contribution >= 0.6 is 0 Å². The molecular formula is C30H34O2. The van der Waals surface area contributed by atoms with Crippen LogP contribution in [0.1, 0.15) is 63.0 Å². The number of Topliss-reactive ketones (excluding diaryl/α,β-unsaturated/α-hetero) is 1. The van der Waals surface area contributed by atoms with E-state index in [1.165, 1.54) is 53.5 Å². The standard InChI is InChI=1S/C30H34O2/c1-4-28(31)20-32-29-16-13-26(14-17-29)30-18-15-27(19-22(30)3)25-11-9-24(10-12-25)23-7-5-21(2)6-8-23/h9-19,21,23H,4-8,20H2,1-3H3. The molecule has 2 nitrogen and oxygen atoms in total. The maximum absolute atomic E-state index is 11.5. The first kappa shape index (κ1) is 22.3. The third kappa shape index (κ3) is 5.30. The predicted octanol–water partition coefficient (Wildman–Crippen LogP) is 7.98. The van der Waals surface area contributed by atoms with E-state index in [2.05, 4.69) is 68.4 Å². The van der Waals surface area contributed by atoms with E-state index in [-0.39, 0.29) is 12.4 Å². The number of carbonyl (C=O) groups excluding carboxylic acids is 1. The fourth-order valence-corrected chi connectivity index (χ4v) is 4.70. The van der Waals surface area contributed by atoms with Crippen LogP contribution in [0.5, 0.6) is 5.75 Å². The Hall–Kier alpha value is -2.87. The van der Waals surface area contributed by atoms with Crippen LogP contribution in [0.2, 0.25) is 0 Å². The Bertz CT molecular complexity index is 1040. The Kier molecular flexibility index (Phi) is 7.09. The summed E-state index contributed by atoms with van der Waals surface area (Å²) in [5, 5.41) is 0. The third-order valence-corrected chi connectivity index (χ3v) is 6.92. The van der Waals surface area contributed by atoms with Crippen molar-refractivity contribution in [3.63, 3.8) is 0 Å². The number of hydrogen-bond donors (Lipinski definition) is 0. The molecule has 0 bridgehead atoms. The summed E-state index contributed by atoms with van der Waals surface area (Å²) in [6.07, 6.45) is 5.88. The third-order valence-electron chi connectivity index (χ3n) is 6.92. The fraction of sp³-hybridized carbons (Fsp3) is 0.367. The Balaban J connectivity index is 1.45. The zero-order chi connectivity index (χ0) is 22.5. The first-order chi connectivity index (χ1) is 15.5. The molecule has 0 atom stereocenters. The molecule has 0 unspecified atom stereocenters. The normalized spacial score (nSPS) is 18.3. The predicted molar refractivity (Wildman–Crippen MR) is 133 cm³/mol. The van der Waals surface area contributed by atoms with Gasteiger partial charge >= 0.3 is 0 Å². The molecule has 32 heavy (non-hydrogen) atoms. The number of rotatable bonds is 7. The average molecular weight is 427 g/mol. The van der Waals surface area contributed by atoms with E-state index in [0.29, 0.717) is 6.42 Å². The van der Waals surface area contributed by atoms with E-state index < -0.39 is 0 Å². The number of aryl methyl sites for hydroxylation is 1. The van der Waals surface area contributed by atoms with Crippen molar-refractivity contribution in [3.8, 4) is 28.0 Å². The number of carbonyl (C=O) groups is 1. The van der Waals surface area contributed by atoms with Crippen molar-refractivity contribution in [1.82, 2.24) is 0 Å². The highest BCUT2D eigenvalue weighted by molar-refractivity contribution is 5.79. The second-order valence-electron chi connectivity index (χ2n) is 9.31. The molecule has 3 aromatic rings. The second kappa shape index (κ2) is 10.2. The minimum absolute atomic E-state index is 0.113. The van der Waals surface area contributed by atoms with Crippen LogP contribution < -0.4 is 4.74 Å². The Morgan fingerprint density at radius 1 is 0.844 bits per heavy atom. The van der Waals surface area contributed by atoms with Gasteiger partial charge in [-0.05, 0) is 77.1 Å². The lowest BCUT2D eigenvalue weighted by atomic mass is 9.79. The summed E-state index contributed by atoms with van der Waals surface area (Å²) in [7, 11) is 0. The van der Waals surface area contributed by atoms with E-state index in [0.717, 1.165) is 23.1 Å². The van der Waals surface area contributed by atoms with Crippen LogP contribution in [0.15, 0.2) is 66.7 Å². The lowest BCUT2D eigenvalue weighted by Gasteiger charge is -2.26. The van der Waals surface area contributed by atoms with Gasteiger partial charge in [-0.2, -0.15) is 0 Å². The van der Waals surface area contributed by atoms with Gasteiger partial charge in [0.1, 0.15) is 12.4 Å². The van der Waals surface area contributed by atoms with Crippen molar-refractivity contribution in [2.24, 2.45) is 5.92 Å². The molecule has 1 aliphatic rings. The zero-order valence-corrected chi connectivity index (χ0v) is 19.6. The molecule has 0 heterocycles. The second-order valence-corrected chi connectivity index (χ2v) is 9.31. The molecule has 0 radical (unpaired) electrons. The van der Waals surface area contributed by atoms with Crippen LogP contribution in [0.3, 0.4) is 0 Å². The molecule has 0 saturated heterocycles. The SMILES string of the molecule is CCC(=O)COc1ccc(-c2ccc(-c3ccc(C4CCC(C)CC4)cc3)cc2C)cc1.